The number of aryl methyl sites for hydroxylation is 2. The van der Waals surface area contributed by atoms with E-state index in [1.54, 1.807) is 13.8 Å². The molecule has 0 saturated carbocycles. The van der Waals surface area contributed by atoms with Gasteiger partial charge in [0.25, 0.3) is 0 Å². The molecule has 1 rings (SSSR count). The first-order chi connectivity index (χ1) is 6.73. The van der Waals surface area contributed by atoms with Crippen LogP contribution in [0.15, 0.2) is 12.1 Å². The monoisotopic (exact) mass is 237 g/mol. The average Bonchev–Trinajstić information content (AvgIpc) is 2.10. The molecular formula is C10H11ClF3N. The number of halogens is 4. The Morgan fingerprint density at radius 1 is 1.20 bits per heavy atom. The van der Waals surface area contributed by atoms with E-state index in [1.165, 1.54) is 12.1 Å². The highest BCUT2D eigenvalue weighted by molar-refractivity contribution is 6.32. The second kappa shape index (κ2) is 4.02. The molecule has 0 aliphatic heterocycles. The van der Waals surface area contributed by atoms with Crippen molar-refractivity contribution in [1.29, 1.82) is 0 Å². The van der Waals surface area contributed by atoms with Crippen LogP contribution in [0.25, 0.3) is 0 Å². The van der Waals surface area contributed by atoms with Crippen molar-refractivity contribution in [2.75, 3.05) is 0 Å². The number of rotatable bonds is 1. The summed E-state index contributed by atoms with van der Waals surface area (Å²) in [5, 5.41) is 0.480. The van der Waals surface area contributed by atoms with Crippen molar-refractivity contribution in [3.05, 3.63) is 33.8 Å². The quantitative estimate of drug-likeness (QED) is 0.795. The van der Waals surface area contributed by atoms with Gasteiger partial charge in [-0.05, 0) is 30.5 Å². The third-order valence-electron chi connectivity index (χ3n) is 2.17. The van der Waals surface area contributed by atoms with E-state index in [-0.39, 0.29) is 5.56 Å². The summed E-state index contributed by atoms with van der Waals surface area (Å²) in [6.45, 7) is 3.31. The minimum Gasteiger partial charge on any atom is -0.316 e. The zero-order chi connectivity index (χ0) is 11.8. The number of hydrogen-bond donors (Lipinski definition) is 1. The Hall–Kier alpha value is -0.740. The smallest absolute Gasteiger partial charge is 0.316 e. The van der Waals surface area contributed by atoms with Gasteiger partial charge in [0, 0.05) is 5.02 Å². The Bertz CT molecular complexity index is 350. The molecule has 0 heterocycles. The van der Waals surface area contributed by atoms with Gasteiger partial charge in [0.05, 0.1) is 0 Å². The van der Waals surface area contributed by atoms with E-state index in [9.17, 15) is 13.2 Å². The number of benzene rings is 1. The summed E-state index contributed by atoms with van der Waals surface area (Å²) < 4.78 is 37.0. The SMILES string of the molecule is Cc1cc([C@@H](N)C(F)(F)F)cc(C)c1Cl. The summed E-state index contributed by atoms with van der Waals surface area (Å²) >= 11 is 5.85. The molecule has 0 radical (unpaired) electrons. The lowest BCUT2D eigenvalue weighted by Gasteiger charge is -2.17. The molecular weight excluding hydrogens is 227 g/mol. The predicted molar refractivity (Wildman–Crippen MR) is 53.9 cm³/mol. The molecule has 0 aliphatic rings. The van der Waals surface area contributed by atoms with Crippen LogP contribution in [-0.2, 0) is 0 Å². The predicted octanol–water partition coefficient (Wildman–Crippen LogP) is 3.52. The van der Waals surface area contributed by atoms with Crippen molar-refractivity contribution in [3.63, 3.8) is 0 Å². The summed E-state index contributed by atoms with van der Waals surface area (Å²) in [5.74, 6) is 0. The fourth-order valence-electron chi connectivity index (χ4n) is 1.35. The summed E-state index contributed by atoms with van der Waals surface area (Å²) in [5.41, 5.74) is 6.34. The molecule has 0 unspecified atom stereocenters. The maximum Gasteiger partial charge on any atom is 0.407 e. The Morgan fingerprint density at radius 3 is 1.93 bits per heavy atom. The molecule has 1 aromatic rings. The molecule has 15 heavy (non-hydrogen) atoms. The zero-order valence-electron chi connectivity index (χ0n) is 8.32. The molecule has 1 nitrogen and oxygen atoms in total. The highest BCUT2D eigenvalue weighted by atomic mass is 35.5. The Kier molecular flexibility index (Phi) is 3.31. The minimum absolute atomic E-state index is 0.0434. The van der Waals surface area contributed by atoms with E-state index >= 15 is 0 Å². The van der Waals surface area contributed by atoms with Crippen LogP contribution in [-0.4, -0.2) is 6.18 Å². The Balaban J connectivity index is 3.17. The zero-order valence-corrected chi connectivity index (χ0v) is 9.08. The van der Waals surface area contributed by atoms with Gasteiger partial charge in [0.1, 0.15) is 6.04 Å². The van der Waals surface area contributed by atoms with Crippen molar-refractivity contribution in [2.24, 2.45) is 5.73 Å². The van der Waals surface area contributed by atoms with Crippen molar-refractivity contribution in [1.82, 2.24) is 0 Å². The fourth-order valence-corrected chi connectivity index (χ4v) is 1.46. The Labute approximate surface area is 91.0 Å². The molecule has 0 bridgehead atoms. The summed E-state index contributed by atoms with van der Waals surface area (Å²) in [6, 6.07) is 0.785. The second-order valence-corrected chi connectivity index (χ2v) is 3.87. The highest BCUT2D eigenvalue weighted by Crippen LogP contribution is 2.33. The van der Waals surface area contributed by atoms with Gasteiger partial charge >= 0.3 is 6.18 Å². The van der Waals surface area contributed by atoms with Gasteiger partial charge in [0.15, 0.2) is 0 Å². The maximum absolute atomic E-state index is 12.3. The molecule has 2 N–H and O–H groups in total. The topological polar surface area (TPSA) is 26.0 Å². The molecule has 0 saturated heterocycles. The lowest BCUT2D eigenvalue weighted by Crippen LogP contribution is -2.28. The van der Waals surface area contributed by atoms with Crippen molar-refractivity contribution >= 4 is 11.6 Å². The van der Waals surface area contributed by atoms with Crippen LogP contribution in [0.3, 0.4) is 0 Å². The van der Waals surface area contributed by atoms with Crippen LogP contribution < -0.4 is 5.73 Å². The Morgan fingerprint density at radius 2 is 1.60 bits per heavy atom. The molecule has 5 heteroatoms. The van der Waals surface area contributed by atoms with Crippen LogP contribution in [0.2, 0.25) is 5.02 Å². The molecule has 0 aliphatic carbocycles. The van der Waals surface area contributed by atoms with E-state index in [4.69, 9.17) is 17.3 Å². The third kappa shape index (κ3) is 2.63. The first-order valence-electron chi connectivity index (χ1n) is 4.32. The lowest BCUT2D eigenvalue weighted by atomic mass is 10.0. The summed E-state index contributed by atoms with van der Waals surface area (Å²) in [7, 11) is 0. The first kappa shape index (κ1) is 12.3. The summed E-state index contributed by atoms with van der Waals surface area (Å²) in [6.07, 6.45) is -4.42. The van der Waals surface area contributed by atoms with Gasteiger partial charge in [-0.3, -0.25) is 0 Å². The second-order valence-electron chi connectivity index (χ2n) is 3.49. The molecule has 0 aromatic heterocycles. The summed E-state index contributed by atoms with van der Waals surface area (Å²) in [4.78, 5) is 0. The average molecular weight is 238 g/mol. The van der Waals surface area contributed by atoms with Gasteiger partial charge in [-0.2, -0.15) is 13.2 Å². The van der Waals surface area contributed by atoms with E-state index in [0.29, 0.717) is 16.1 Å². The lowest BCUT2D eigenvalue weighted by molar-refractivity contribution is -0.149. The van der Waals surface area contributed by atoms with Crippen molar-refractivity contribution in [2.45, 2.75) is 26.1 Å². The normalized spacial score (nSPS) is 14.1. The highest BCUT2D eigenvalue weighted by Gasteiger charge is 2.38. The van der Waals surface area contributed by atoms with Crippen molar-refractivity contribution < 1.29 is 13.2 Å². The largest absolute Gasteiger partial charge is 0.407 e. The minimum atomic E-state index is -4.42. The molecule has 84 valence electrons. The van der Waals surface area contributed by atoms with Crippen LogP contribution in [0.1, 0.15) is 22.7 Å². The number of hydrogen-bond acceptors (Lipinski definition) is 1. The van der Waals surface area contributed by atoms with Crippen molar-refractivity contribution in [3.8, 4) is 0 Å². The standard InChI is InChI=1S/C10H11ClF3N/c1-5-3-7(4-6(2)8(5)11)9(15)10(12,13)14/h3-4,9H,15H2,1-2H3/t9-/m1/s1. The number of nitrogens with two attached hydrogens (primary N) is 1. The van der Waals surface area contributed by atoms with Gasteiger partial charge < -0.3 is 5.73 Å². The molecule has 0 amide bonds. The molecule has 1 atom stereocenters. The molecule has 0 spiro atoms. The van der Waals surface area contributed by atoms with E-state index in [1.807, 2.05) is 0 Å². The van der Waals surface area contributed by atoms with E-state index in [2.05, 4.69) is 0 Å². The third-order valence-corrected chi connectivity index (χ3v) is 2.77. The van der Waals surface area contributed by atoms with Gasteiger partial charge in [-0.25, -0.2) is 0 Å². The molecule has 0 fully saturated rings. The van der Waals surface area contributed by atoms with Gasteiger partial charge in [-0.15, -0.1) is 0 Å². The van der Waals surface area contributed by atoms with Crippen LogP contribution in [0.5, 0.6) is 0 Å². The van der Waals surface area contributed by atoms with Gasteiger partial charge in [-0.1, -0.05) is 23.7 Å². The first-order valence-corrected chi connectivity index (χ1v) is 4.70. The van der Waals surface area contributed by atoms with E-state index < -0.39 is 12.2 Å². The van der Waals surface area contributed by atoms with E-state index in [0.717, 1.165) is 0 Å². The number of alkyl halides is 3. The molecule has 1 aromatic carbocycles. The fraction of sp³-hybridized carbons (Fsp3) is 0.400. The van der Waals surface area contributed by atoms with Crippen LogP contribution >= 0.6 is 11.6 Å². The maximum atomic E-state index is 12.3. The van der Waals surface area contributed by atoms with Gasteiger partial charge in [0.2, 0.25) is 0 Å². The van der Waals surface area contributed by atoms with Crippen LogP contribution in [0.4, 0.5) is 13.2 Å². The van der Waals surface area contributed by atoms with Crippen LogP contribution in [0, 0.1) is 13.8 Å².